The van der Waals surface area contributed by atoms with Gasteiger partial charge in [0.2, 0.25) is 0 Å². The Labute approximate surface area is 95.1 Å². The van der Waals surface area contributed by atoms with Crippen molar-refractivity contribution in [1.82, 2.24) is 20.5 Å². The zero-order chi connectivity index (χ0) is 11.5. The average molecular weight is 216 g/mol. The third-order valence-electron chi connectivity index (χ3n) is 2.57. The molecule has 0 saturated carbocycles. The normalized spacial score (nSPS) is 12.7. The molecule has 2 rings (SSSR count). The van der Waals surface area contributed by atoms with Crippen LogP contribution in [0.4, 0.5) is 0 Å². The summed E-state index contributed by atoms with van der Waals surface area (Å²) in [5.74, 6) is 0.840. The standard InChI is InChI=1S/C12H16N4/c1-8-4-9(2)6-10(5-8)11(13-3)12-14-7-15-16-12/h4-7,11,13H,1-3H3,(H,14,15,16). The van der Waals surface area contributed by atoms with Crippen LogP contribution in [0.15, 0.2) is 24.5 Å². The Kier molecular flexibility index (Phi) is 3.01. The van der Waals surface area contributed by atoms with Gasteiger partial charge in [0.05, 0.1) is 6.04 Å². The Morgan fingerprint density at radius 1 is 1.19 bits per heavy atom. The number of H-pyrrole nitrogens is 1. The third kappa shape index (κ3) is 2.12. The molecule has 1 heterocycles. The highest BCUT2D eigenvalue weighted by molar-refractivity contribution is 5.33. The lowest BCUT2D eigenvalue weighted by Crippen LogP contribution is -2.19. The van der Waals surface area contributed by atoms with Crippen LogP contribution in [0.2, 0.25) is 0 Å². The molecule has 2 aromatic rings. The first-order valence-corrected chi connectivity index (χ1v) is 5.31. The summed E-state index contributed by atoms with van der Waals surface area (Å²) in [4.78, 5) is 4.19. The monoisotopic (exact) mass is 216 g/mol. The Morgan fingerprint density at radius 3 is 2.38 bits per heavy atom. The molecule has 0 bridgehead atoms. The first-order chi connectivity index (χ1) is 7.70. The predicted molar refractivity (Wildman–Crippen MR) is 63.2 cm³/mol. The Morgan fingerprint density at radius 2 is 1.88 bits per heavy atom. The van der Waals surface area contributed by atoms with Crippen LogP contribution < -0.4 is 5.32 Å². The van der Waals surface area contributed by atoms with Gasteiger partial charge in [-0.25, -0.2) is 4.98 Å². The van der Waals surface area contributed by atoms with Gasteiger partial charge in [0.1, 0.15) is 12.2 Å². The second kappa shape index (κ2) is 4.45. The zero-order valence-electron chi connectivity index (χ0n) is 9.78. The van der Waals surface area contributed by atoms with Gasteiger partial charge in [-0.15, -0.1) is 0 Å². The number of aromatic nitrogens is 3. The smallest absolute Gasteiger partial charge is 0.145 e. The van der Waals surface area contributed by atoms with Crippen molar-refractivity contribution in [2.45, 2.75) is 19.9 Å². The van der Waals surface area contributed by atoms with Crippen LogP contribution in [0.5, 0.6) is 0 Å². The van der Waals surface area contributed by atoms with Crippen LogP contribution in [-0.4, -0.2) is 22.2 Å². The lowest BCUT2D eigenvalue weighted by molar-refractivity contribution is 0.649. The highest BCUT2D eigenvalue weighted by Gasteiger charge is 2.14. The number of rotatable bonds is 3. The fourth-order valence-corrected chi connectivity index (χ4v) is 1.99. The third-order valence-corrected chi connectivity index (χ3v) is 2.57. The van der Waals surface area contributed by atoms with Crippen molar-refractivity contribution in [2.75, 3.05) is 7.05 Å². The molecule has 84 valence electrons. The number of benzene rings is 1. The molecule has 4 heteroatoms. The van der Waals surface area contributed by atoms with E-state index in [0.29, 0.717) is 0 Å². The molecule has 1 aromatic heterocycles. The van der Waals surface area contributed by atoms with Crippen molar-refractivity contribution in [2.24, 2.45) is 0 Å². The van der Waals surface area contributed by atoms with Gasteiger partial charge in [0.25, 0.3) is 0 Å². The predicted octanol–water partition coefficient (Wildman–Crippen LogP) is 1.73. The number of aryl methyl sites for hydroxylation is 2. The van der Waals surface area contributed by atoms with Crippen LogP contribution in [0.3, 0.4) is 0 Å². The topological polar surface area (TPSA) is 53.6 Å². The molecule has 0 aliphatic rings. The molecule has 0 aliphatic heterocycles. The molecule has 0 radical (unpaired) electrons. The van der Waals surface area contributed by atoms with E-state index in [-0.39, 0.29) is 6.04 Å². The number of hydrogen-bond donors (Lipinski definition) is 2. The molecule has 16 heavy (non-hydrogen) atoms. The van der Waals surface area contributed by atoms with Crippen molar-refractivity contribution in [3.63, 3.8) is 0 Å². The van der Waals surface area contributed by atoms with Crippen LogP contribution >= 0.6 is 0 Å². The van der Waals surface area contributed by atoms with Crippen LogP contribution in [-0.2, 0) is 0 Å². The Balaban J connectivity index is 2.41. The van der Waals surface area contributed by atoms with Gasteiger partial charge in [0, 0.05) is 0 Å². The first-order valence-electron chi connectivity index (χ1n) is 5.31. The number of nitrogens with zero attached hydrogens (tertiary/aromatic N) is 2. The van der Waals surface area contributed by atoms with E-state index in [4.69, 9.17) is 0 Å². The number of aromatic amines is 1. The molecule has 1 atom stereocenters. The van der Waals surface area contributed by atoms with Gasteiger partial charge in [0.15, 0.2) is 0 Å². The maximum absolute atomic E-state index is 4.19. The maximum atomic E-state index is 4.19. The molecule has 0 aliphatic carbocycles. The van der Waals surface area contributed by atoms with Gasteiger partial charge < -0.3 is 5.32 Å². The van der Waals surface area contributed by atoms with Gasteiger partial charge in [-0.1, -0.05) is 29.3 Å². The summed E-state index contributed by atoms with van der Waals surface area (Å²) in [6, 6.07) is 6.56. The number of nitrogens with one attached hydrogen (secondary N) is 2. The lowest BCUT2D eigenvalue weighted by atomic mass is 10.0. The van der Waals surface area contributed by atoms with Crippen LogP contribution in [0.25, 0.3) is 0 Å². The Bertz CT molecular complexity index is 442. The van der Waals surface area contributed by atoms with Gasteiger partial charge in [-0.3, -0.25) is 5.10 Å². The summed E-state index contributed by atoms with van der Waals surface area (Å²) in [6.07, 6.45) is 1.53. The second-order valence-electron chi connectivity index (χ2n) is 4.01. The Hall–Kier alpha value is -1.68. The summed E-state index contributed by atoms with van der Waals surface area (Å²) in [5, 5.41) is 10.0. The minimum absolute atomic E-state index is 0.0705. The molecule has 0 spiro atoms. The van der Waals surface area contributed by atoms with Crippen LogP contribution in [0, 0.1) is 13.8 Å². The van der Waals surface area contributed by atoms with E-state index < -0.39 is 0 Å². The van der Waals surface area contributed by atoms with Crippen molar-refractivity contribution in [1.29, 1.82) is 0 Å². The van der Waals surface area contributed by atoms with E-state index in [2.05, 4.69) is 52.5 Å². The molecule has 4 nitrogen and oxygen atoms in total. The van der Waals surface area contributed by atoms with Crippen LogP contribution in [0.1, 0.15) is 28.6 Å². The van der Waals surface area contributed by atoms with Crippen molar-refractivity contribution >= 4 is 0 Å². The molecule has 0 amide bonds. The molecule has 0 saturated heterocycles. The summed E-state index contributed by atoms with van der Waals surface area (Å²) in [7, 11) is 1.92. The summed E-state index contributed by atoms with van der Waals surface area (Å²) in [6.45, 7) is 4.20. The zero-order valence-corrected chi connectivity index (χ0v) is 9.78. The maximum Gasteiger partial charge on any atom is 0.145 e. The van der Waals surface area contributed by atoms with E-state index in [9.17, 15) is 0 Å². The summed E-state index contributed by atoms with van der Waals surface area (Å²) < 4.78 is 0. The quantitative estimate of drug-likeness (QED) is 0.821. The molecule has 2 N–H and O–H groups in total. The highest BCUT2D eigenvalue weighted by atomic mass is 15.2. The fourth-order valence-electron chi connectivity index (χ4n) is 1.99. The molecular weight excluding hydrogens is 200 g/mol. The van der Waals surface area contributed by atoms with Crippen molar-refractivity contribution < 1.29 is 0 Å². The first kappa shape index (κ1) is 10.8. The van der Waals surface area contributed by atoms with E-state index in [1.54, 1.807) is 0 Å². The molecule has 1 unspecified atom stereocenters. The minimum atomic E-state index is 0.0705. The molecule has 1 aromatic carbocycles. The van der Waals surface area contributed by atoms with E-state index in [1.165, 1.54) is 23.0 Å². The van der Waals surface area contributed by atoms with Gasteiger partial charge >= 0.3 is 0 Å². The van der Waals surface area contributed by atoms with E-state index in [1.807, 2.05) is 7.05 Å². The fraction of sp³-hybridized carbons (Fsp3) is 0.333. The molecular formula is C12H16N4. The van der Waals surface area contributed by atoms with Crippen molar-refractivity contribution in [3.05, 3.63) is 47.0 Å². The van der Waals surface area contributed by atoms with Gasteiger partial charge in [-0.2, -0.15) is 5.10 Å². The second-order valence-corrected chi connectivity index (χ2v) is 4.01. The largest absolute Gasteiger partial charge is 0.307 e. The van der Waals surface area contributed by atoms with E-state index in [0.717, 1.165) is 5.82 Å². The molecule has 0 fully saturated rings. The SMILES string of the molecule is CNC(c1cc(C)cc(C)c1)c1ncn[nH]1. The van der Waals surface area contributed by atoms with E-state index >= 15 is 0 Å². The average Bonchev–Trinajstić information content (AvgIpc) is 2.70. The van der Waals surface area contributed by atoms with Crippen molar-refractivity contribution in [3.8, 4) is 0 Å². The highest BCUT2D eigenvalue weighted by Crippen LogP contribution is 2.20. The van der Waals surface area contributed by atoms with Gasteiger partial charge in [-0.05, 0) is 26.5 Å². The summed E-state index contributed by atoms with van der Waals surface area (Å²) >= 11 is 0. The minimum Gasteiger partial charge on any atom is -0.307 e. The number of hydrogen-bond acceptors (Lipinski definition) is 3. The summed E-state index contributed by atoms with van der Waals surface area (Å²) in [5.41, 5.74) is 3.72. The lowest BCUT2D eigenvalue weighted by Gasteiger charge is -2.15.